The summed E-state index contributed by atoms with van der Waals surface area (Å²) in [6.07, 6.45) is 0.838. The summed E-state index contributed by atoms with van der Waals surface area (Å²) in [5.74, 6) is 0.734. The Morgan fingerprint density at radius 3 is 2.79 bits per heavy atom. The molecule has 0 radical (unpaired) electrons. The summed E-state index contributed by atoms with van der Waals surface area (Å²) in [5, 5.41) is 0.662. The molecular weight excluding hydrogens is 198 g/mol. The van der Waals surface area contributed by atoms with Crippen molar-refractivity contribution >= 4 is 11.6 Å². The van der Waals surface area contributed by atoms with E-state index < -0.39 is 0 Å². The molecule has 3 heteroatoms. The van der Waals surface area contributed by atoms with Gasteiger partial charge in [-0.15, -0.1) is 0 Å². The molecule has 1 aromatic carbocycles. The minimum Gasteiger partial charge on any atom is -0.492 e. The number of hydrogen-bond acceptors (Lipinski definition) is 2. The molecule has 1 unspecified atom stereocenters. The van der Waals surface area contributed by atoms with Crippen molar-refractivity contribution in [2.75, 3.05) is 6.61 Å². The highest BCUT2D eigenvalue weighted by molar-refractivity contribution is 6.32. The van der Waals surface area contributed by atoms with E-state index in [-0.39, 0.29) is 6.04 Å². The van der Waals surface area contributed by atoms with Gasteiger partial charge in [0.05, 0.1) is 11.6 Å². The van der Waals surface area contributed by atoms with Crippen molar-refractivity contribution in [3.63, 3.8) is 0 Å². The van der Waals surface area contributed by atoms with Crippen LogP contribution in [0.25, 0.3) is 0 Å². The molecule has 0 aromatic heterocycles. The van der Waals surface area contributed by atoms with Gasteiger partial charge in [0.25, 0.3) is 0 Å². The van der Waals surface area contributed by atoms with Gasteiger partial charge in [0.15, 0.2) is 0 Å². The topological polar surface area (TPSA) is 35.2 Å². The van der Waals surface area contributed by atoms with Crippen molar-refractivity contribution in [1.29, 1.82) is 0 Å². The molecule has 0 saturated heterocycles. The molecule has 0 aliphatic carbocycles. The molecule has 0 bridgehead atoms. The predicted molar refractivity (Wildman–Crippen MR) is 60.0 cm³/mol. The first-order valence-electron chi connectivity index (χ1n) is 4.74. The average molecular weight is 214 g/mol. The molecule has 78 valence electrons. The number of rotatable bonds is 4. The Bertz CT molecular complexity index is 299. The molecule has 0 heterocycles. The van der Waals surface area contributed by atoms with Crippen LogP contribution in [0.4, 0.5) is 0 Å². The number of halogens is 1. The zero-order chi connectivity index (χ0) is 10.6. The van der Waals surface area contributed by atoms with Crippen LogP contribution in [-0.2, 0) is 0 Å². The first-order valence-corrected chi connectivity index (χ1v) is 5.12. The number of aryl methyl sites for hydroxylation is 1. The van der Waals surface area contributed by atoms with Gasteiger partial charge in [0.1, 0.15) is 5.75 Å². The molecule has 0 fully saturated rings. The molecule has 14 heavy (non-hydrogen) atoms. The average Bonchev–Trinajstić information content (AvgIpc) is 2.08. The van der Waals surface area contributed by atoms with Crippen LogP contribution < -0.4 is 10.5 Å². The van der Waals surface area contributed by atoms with Crippen LogP contribution in [0.5, 0.6) is 5.75 Å². The van der Waals surface area contributed by atoms with E-state index in [2.05, 4.69) is 0 Å². The van der Waals surface area contributed by atoms with Crippen LogP contribution in [0.3, 0.4) is 0 Å². The van der Waals surface area contributed by atoms with Gasteiger partial charge in [-0.2, -0.15) is 0 Å². The number of nitrogens with two attached hydrogens (primary N) is 1. The van der Waals surface area contributed by atoms with Crippen LogP contribution in [-0.4, -0.2) is 12.6 Å². The van der Waals surface area contributed by atoms with E-state index in [4.69, 9.17) is 22.1 Å². The van der Waals surface area contributed by atoms with Crippen molar-refractivity contribution in [3.05, 3.63) is 28.8 Å². The first kappa shape index (κ1) is 11.3. The number of hydrogen-bond donors (Lipinski definition) is 1. The smallest absolute Gasteiger partial charge is 0.137 e. The molecule has 2 N–H and O–H groups in total. The molecule has 1 atom stereocenters. The van der Waals surface area contributed by atoms with E-state index in [9.17, 15) is 0 Å². The first-order chi connectivity index (χ1) is 6.59. The van der Waals surface area contributed by atoms with E-state index in [1.54, 1.807) is 0 Å². The lowest BCUT2D eigenvalue weighted by molar-refractivity contribution is 0.301. The Morgan fingerprint density at radius 1 is 1.50 bits per heavy atom. The third-order valence-corrected chi connectivity index (χ3v) is 2.21. The third-order valence-electron chi connectivity index (χ3n) is 1.92. The summed E-state index contributed by atoms with van der Waals surface area (Å²) in [6.45, 7) is 4.57. The van der Waals surface area contributed by atoms with Gasteiger partial charge < -0.3 is 10.5 Å². The zero-order valence-electron chi connectivity index (χ0n) is 8.59. The van der Waals surface area contributed by atoms with Crippen molar-refractivity contribution in [1.82, 2.24) is 0 Å². The molecule has 0 spiro atoms. The Kier molecular flexibility index (Phi) is 4.23. The summed E-state index contributed by atoms with van der Waals surface area (Å²) in [6, 6.07) is 5.92. The Labute approximate surface area is 90.0 Å². The van der Waals surface area contributed by atoms with E-state index in [0.29, 0.717) is 11.6 Å². The fourth-order valence-electron chi connectivity index (χ4n) is 1.08. The molecule has 1 rings (SSSR count). The largest absolute Gasteiger partial charge is 0.492 e. The molecule has 0 amide bonds. The molecule has 2 nitrogen and oxygen atoms in total. The van der Waals surface area contributed by atoms with Crippen LogP contribution >= 0.6 is 11.6 Å². The predicted octanol–water partition coefficient (Wildman–Crippen LogP) is 2.76. The zero-order valence-corrected chi connectivity index (χ0v) is 9.34. The van der Waals surface area contributed by atoms with Gasteiger partial charge in [-0.25, -0.2) is 0 Å². The van der Waals surface area contributed by atoms with Crippen molar-refractivity contribution in [2.45, 2.75) is 26.3 Å². The number of benzene rings is 1. The van der Waals surface area contributed by atoms with E-state index in [0.717, 1.165) is 17.7 Å². The maximum Gasteiger partial charge on any atom is 0.137 e. The molecule has 0 aliphatic rings. The highest BCUT2D eigenvalue weighted by Crippen LogP contribution is 2.25. The Hall–Kier alpha value is -0.730. The minimum absolute atomic E-state index is 0.166. The Balaban J connectivity index is 2.51. The summed E-state index contributed by atoms with van der Waals surface area (Å²) in [5.41, 5.74) is 6.74. The lowest BCUT2D eigenvalue weighted by atomic mass is 10.2. The van der Waals surface area contributed by atoms with Gasteiger partial charge >= 0.3 is 0 Å². The highest BCUT2D eigenvalue weighted by Gasteiger charge is 2.01. The SMILES string of the molecule is Cc1ccc(OCCC(C)N)c(Cl)c1. The summed E-state index contributed by atoms with van der Waals surface area (Å²) >= 11 is 5.99. The van der Waals surface area contributed by atoms with Crippen LogP contribution in [0.15, 0.2) is 18.2 Å². The lowest BCUT2D eigenvalue weighted by Gasteiger charge is -2.09. The van der Waals surface area contributed by atoms with E-state index in [1.807, 2.05) is 32.0 Å². The summed E-state index contributed by atoms with van der Waals surface area (Å²) < 4.78 is 5.49. The second kappa shape index (κ2) is 5.23. The maximum absolute atomic E-state index is 5.99. The second-order valence-corrected chi connectivity index (χ2v) is 3.96. The van der Waals surface area contributed by atoms with Crippen LogP contribution in [0, 0.1) is 6.92 Å². The molecular formula is C11H16ClNO. The van der Waals surface area contributed by atoms with E-state index >= 15 is 0 Å². The summed E-state index contributed by atoms with van der Waals surface area (Å²) in [7, 11) is 0. The van der Waals surface area contributed by atoms with Gasteiger partial charge in [0, 0.05) is 6.04 Å². The number of ether oxygens (including phenoxy) is 1. The third kappa shape index (κ3) is 3.56. The molecule has 0 saturated carbocycles. The fraction of sp³-hybridized carbons (Fsp3) is 0.455. The van der Waals surface area contributed by atoms with Crippen molar-refractivity contribution < 1.29 is 4.74 Å². The molecule has 1 aromatic rings. The van der Waals surface area contributed by atoms with Gasteiger partial charge in [-0.1, -0.05) is 17.7 Å². The van der Waals surface area contributed by atoms with Crippen LogP contribution in [0.2, 0.25) is 5.02 Å². The van der Waals surface area contributed by atoms with Crippen molar-refractivity contribution in [3.8, 4) is 5.75 Å². The second-order valence-electron chi connectivity index (χ2n) is 3.55. The monoisotopic (exact) mass is 213 g/mol. The standard InChI is InChI=1S/C11H16ClNO/c1-8-3-4-11(10(12)7-8)14-6-5-9(2)13/h3-4,7,9H,5-6,13H2,1-2H3. The van der Waals surface area contributed by atoms with Crippen LogP contribution in [0.1, 0.15) is 18.9 Å². The van der Waals surface area contributed by atoms with Gasteiger partial charge in [-0.05, 0) is 38.0 Å². The van der Waals surface area contributed by atoms with Gasteiger partial charge in [-0.3, -0.25) is 0 Å². The quantitative estimate of drug-likeness (QED) is 0.835. The molecule has 0 aliphatic heterocycles. The van der Waals surface area contributed by atoms with Gasteiger partial charge in [0.2, 0.25) is 0 Å². The van der Waals surface area contributed by atoms with Crippen molar-refractivity contribution in [2.24, 2.45) is 5.73 Å². The minimum atomic E-state index is 0.166. The maximum atomic E-state index is 5.99. The normalized spacial score (nSPS) is 12.6. The fourth-order valence-corrected chi connectivity index (χ4v) is 1.37. The Morgan fingerprint density at radius 2 is 2.21 bits per heavy atom. The highest BCUT2D eigenvalue weighted by atomic mass is 35.5. The summed E-state index contributed by atoms with van der Waals surface area (Å²) in [4.78, 5) is 0. The lowest BCUT2D eigenvalue weighted by Crippen LogP contribution is -2.18. The van der Waals surface area contributed by atoms with E-state index in [1.165, 1.54) is 0 Å².